The fraction of sp³-hybridized carbons (Fsp3) is 0.292. The number of nitrogens with zero attached hydrogens (tertiary/aromatic N) is 4. The number of fused-ring (bicyclic) bond motifs is 3. The van der Waals surface area contributed by atoms with Gasteiger partial charge in [0, 0.05) is 23.0 Å². The number of nitrogen functional groups attached to an aromatic ring is 1. The summed E-state index contributed by atoms with van der Waals surface area (Å²) in [4.78, 5) is 10.4. The van der Waals surface area contributed by atoms with Gasteiger partial charge < -0.3 is 5.73 Å². The van der Waals surface area contributed by atoms with Gasteiger partial charge in [0.1, 0.15) is 0 Å². The minimum Gasteiger partial charge on any atom is -0.375 e. The van der Waals surface area contributed by atoms with E-state index in [-0.39, 0.29) is 0 Å². The van der Waals surface area contributed by atoms with Crippen molar-refractivity contribution in [2.45, 2.75) is 46.0 Å². The van der Waals surface area contributed by atoms with Crippen molar-refractivity contribution in [1.82, 2.24) is 19.7 Å². The molecule has 5 rings (SSSR count). The first-order chi connectivity index (χ1) is 14.6. The summed E-state index contributed by atoms with van der Waals surface area (Å²) in [6.07, 6.45) is 4.94. The number of rotatable bonds is 4. The standard InChI is InChI=1S/C24H25N5S/c1-4-7-17-11-10-16(13-26-17)21-20-15(3)12-18-23(30-24(25)27-18)22(20)29(28-21)19-9-6-5-8-14(19)2/h5-6,8-11,13,15H,4,7,12H2,1-3H3,(H2,25,27). The molecule has 152 valence electrons. The van der Waals surface area contributed by atoms with Gasteiger partial charge in [0.25, 0.3) is 0 Å². The van der Waals surface area contributed by atoms with Gasteiger partial charge in [-0.15, -0.1) is 0 Å². The fourth-order valence-electron chi connectivity index (χ4n) is 4.36. The molecule has 6 heteroatoms. The third-order valence-electron chi connectivity index (χ3n) is 5.79. The summed E-state index contributed by atoms with van der Waals surface area (Å²) in [6, 6.07) is 12.7. The van der Waals surface area contributed by atoms with Crippen LogP contribution in [-0.2, 0) is 12.8 Å². The Morgan fingerprint density at radius 1 is 1.20 bits per heavy atom. The normalized spacial score (nSPS) is 15.1. The number of pyridine rings is 1. The number of hydrogen-bond acceptors (Lipinski definition) is 5. The number of para-hydroxylation sites is 1. The molecule has 0 fully saturated rings. The molecule has 1 aliphatic rings. The third kappa shape index (κ3) is 3.03. The van der Waals surface area contributed by atoms with Crippen LogP contribution in [0.4, 0.5) is 5.13 Å². The van der Waals surface area contributed by atoms with Gasteiger partial charge in [-0.25, -0.2) is 9.67 Å². The maximum atomic E-state index is 6.11. The molecule has 0 amide bonds. The van der Waals surface area contributed by atoms with E-state index in [4.69, 9.17) is 10.8 Å². The number of thiazole rings is 1. The van der Waals surface area contributed by atoms with Crippen molar-refractivity contribution in [1.29, 1.82) is 0 Å². The minimum atomic E-state index is 0.303. The first kappa shape index (κ1) is 19.0. The van der Waals surface area contributed by atoms with Crippen LogP contribution in [0.5, 0.6) is 0 Å². The van der Waals surface area contributed by atoms with E-state index in [1.165, 1.54) is 11.1 Å². The van der Waals surface area contributed by atoms with Gasteiger partial charge in [-0.3, -0.25) is 4.98 Å². The summed E-state index contributed by atoms with van der Waals surface area (Å²) in [5.74, 6) is 0.303. The van der Waals surface area contributed by atoms with E-state index in [1.54, 1.807) is 11.3 Å². The van der Waals surface area contributed by atoms with Crippen molar-refractivity contribution < 1.29 is 0 Å². The van der Waals surface area contributed by atoms with Crippen molar-refractivity contribution in [3.63, 3.8) is 0 Å². The molecule has 0 radical (unpaired) electrons. The van der Waals surface area contributed by atoms with Crippen molar-refractivity contribution in [2.75, 3.05) is 5.73 Å². The van der Waals surface area contributed by atoms with E-state index in [9.17, 15) is 0 Å². The van der Waals surface area contributed by atoms with E-state index in [0.29, 0.717) is 11.0 Å². The van der Waals surface area contributed by atoms with Crippen LogP contribution in [0.2, 0.25) is 0 Å². The lowest BCUT2D eigenvalue weighted by atomic mass is 9.86. The zero-order valence-corrected chi connectivity index (χ0v) is 18.3. The van der Waals surface area contributed by atoms with E-state index < -0.39 is 0 Å². The molecule has 30 heavy (non-hydrogen) atoms. The maximum absolute atomic E-state index is 6.11. The van der Waals surface area contributed by atoms with E-state index >= 15 is 0 Å². The van der Waals surface area contributed by atoms with E-state index in [0.717, 1.165) is 58.2 Å². The molecule has 2 N–H and O–H groups in total. The summed E-state index contributed by atoms with van der Waals surface area (Å²) in [5.41, 5.74) is 15.0. The topological polar surface area (TPSA) is 69.6 Å². The lowest BCUT2D eigenvalue weighted by Gasteiger charge is -2.20. The number of benzene rings is 1. The summed E-state index contributed by atoms with van der Waals surface area (Å²) in [5, 5.41) is 5.76. The highest BCUT2D eigenvalue weighted by Crippen LogP contribution is 2.47. The van der Waals surface area contributed by atoms with Crippen LogP contribution in [0.25, 0.3) is 27.5 Å². The highest BCUT2D eigenvalue weighted by Gasteiger charge is 2.33. The molecule has 0 spiro atoms. The molecule has 5 nitrogen and oxygen atoms in total. The Hall–Kier alpha value is -2.99. The SMILES string of the molecule is CCCc1ccc(-c2nn(-c3ccccc3C)c3c2C(C)Cc2nc(N)sc2-3)cn1. The molecule has 0 bridgehead atoms. The first-order valence-corrected chi connectivity index (χ1v) is 11.3. The quantitative estimate of drug-likeness (QED) is 0.474. The predicted molar refractivity (Wildman–Crippen MR) is 123 cm³/mol. The Kier molecular flexibility index (Phi) is 4.66. The second kappa shape index (κ2) is 7.36. The van der Waals surface area contributed by atoms with Gasteiger partial charge >= 0.3 is 0 Å². The van der Waals surface area contributed by atoms with Gasteiger partial charge in [-0.2, -0.15) is 5.10 Å². The predicted octanol–water partition coefficient (Wildman–Crippen LogP) is 5.56. The molecule has 3 aromatic heterocycles. The van der Waals surface area contributed by atoms with Crippen LogP contribution in [0.15, 0.2) is 42.6 Å². The second-order valence-corrected chi connectivity index (χ2v) is 9.06. The first-order valence-electron chi connectivity index (χ1n) is 10.5. The summed E-state index contributed by atoms with van der Waals surface area (Å²) in [6.45, 7) is 6.55. The summed E-state index contributed by atoms with van der Waals surface area (Å²) >= 11 is 1.56. The van der Waals surface area contributed by atoms with Crippen molar-refractivity contribution in [2.24, 2.45) is 0 Å². The molecule has 1 aliphatic carbocycles. The Morgan fingerprint density at radius 3 is 2.77 bits per heavy atom. The molecular formula is C24H25N5S. The Balaban J connectivity index is 1.77. The minimum absolute atomic E-state index is 0.303. The molecule has 1 aromatic carbocycles. The number of nitrogens with two attached hydrogens (primary N) is 1. The van der Waals surface area contributed by atoms with E-state index in [2.05, 4.69) is 71.8 Å². The van der Waals surface area contributed by atoms with Crippen molar-refractivity contribution in [3.8, 4) is 27.5 Å². The van der Waals surface area contributed by atoms with Gasteiger partial charge in [-0.05, 0) is 49.4 Å². The molecule has 4 aromatic rings. The largest absolute Gasteiger partial charge is 0.375 e. The number of aromatic nitrogens is 4. The molecule has 3 heterocycles. The third-order valence-corrected chi connectivity index (χ3v) is 6.72. The maximum Gasteiger partial charge on any atom is 0.180 e. The average molecular weight is 416 g/mol. The highest BCUT2D eigenvalue weighted by atomic mass is 32.1. The number of anilines is 1. The van der Waals surface area contributed by atoms with Gasteiger partial charge in [-0.1, -0.05) is 49.8 Å². The van der Waals surface area contributed by atoms with Gasteiger partial charge in [0.2, 0.25) is 0 Å². The lowest BCUT2D eigenvalue weighted by Crippen LogP contribution is -2.10. The lowest BCUT2D eigenvalue weighted by molar-refractivity contribution is 0.735. The van der Waals surface area contributed by atoms with Crippen LogP contribution < -0.4 is 5.73 Å². The second-order valence-electron chi connectivity index (χ2n) is 8.03. The molecule has 1 atom stereocenters. The summed E-state index contributed by atoms with van der Waals surface area (Å²) < 4.78 is 2.09. The van der Waals surface area contributed by atoms with Crippen molar-refractivity contribution in [3.05, 3.63) is 65.1 Å². The zero-order valence-electron chi connectivity index (χ0n) is 17.5. The summed E-state index contributed by atoms with van der Waals surface area (Å²) in [7, 11) is 0. The highest BCUT2D eigenvalue weighted by molar-refractivity contribution is 7.18. The smallest absolute Gasteiger partial charge is 0.180 e. The van der Waals surface area contributed by atoms with E-state index in [1.807, 2.05) is 6.20 Å². The zero-order chi connectivity index (χ0) is 20.8. The van der Waals surface area contributed by atoms with Crippen LogP contribution in [-0.4, -0.2) is 19.7 Å². The number of aryl methyl sites for hydroxylation is 2. The average Bonchev–Trinajstić information content (AvgIpc) is 3.30. The Labute approximate surface area is 180 Å². The molecule has 1 unspecified atom stereocenters. The monoisotopic (exact) mass is 415 g/mol. The molecular weight excluding hydrogens is 390 g/mol. The number of hydrogen-bond donors (Lipinski definition) is 1. The molecule has 0 saturated carbocycles. The molecule has 0 saturated heterocycles. The van der Waals surface area contributed by atoms with Crippen LogP contribution in [0.1, 0.15) is 48.7 Å². The Bertz CT molecular complexity index is 1220. The van der Waals surface area contributed by atoms with Gasteiger partial charge in [0.15, 0.2) is 5.13 Å². The fourth-order valence-corrected chi connectivity index (χ4v) is 5.26. The Morgan fingerprint density at radius 2 is 2.03 bits per heavy atom. The van der Waals surface area contributed by atoms with Crippen molar-refractivity contribution >= 4 is 16.5 Å². The van der Waals surface area contributed by atoms with Gasteiger partial charge in [0.05, 0.1) is 27.6 Å². The molecule has 0 aliphatic heterocycles. The van der Waals surface area contributed by atoms with Crippen LogP contribution in [0, 0.1) is 6.92 Å². The van der Waals surface area contributed by atoms with Crippen LogP contribution in [0.3, 0.4) is 0 Å². The van der Waals surface area contributed by atoms with Crippen LogP contribution >= 0.6 is 11.3 Å².